The van der Waals surface area contributed by atoms with Crippen LogP contribution in [-0.4, -0.2) is 68.7 Å². The molecule has 2 unspecified atom stereocenters. The first-order chi connectivity index (χ1) is 18.8. The number of aliphatic hydroxyl groups excluding tert-OH is 1. The SMILES string of the molecule is CC(C(=O)NC(CO)c1ccc(Cl)cn1)N1Cc2ccc(-c3nc(NC4CCOCC4)ncc3Cl)cc2C1=O. The predicted octanol–water partition coefficient (Wildman–Crippen LogP) is 3.63. The number of hydrogen-bond donors (Lipinski definition) is 3. The number of pyridine rings is 1. The van der Waals surface area contributed by atoms with Crippen LogP contribution in [0.4, 0.5) is 5.95 Å². The van der Waals surface area contributed by atoms with E-state index in [2.05, 4.69) is 25.6 Å². The van der Waals surface area contributed by atoms with E-state index in [0.717, 1.165) is 18.4 Å². The summed E-state index contributed by atoms with van der Waals surface area (Å²) in [5.41, 5.74) is 2.95. The van der Waals surface area contributed by atoms with Crippen molar-refractivity contribution in [2.45, 2.75) is 44.4 Å². The van der Waals surface area contributed by atoms with E-state index in [1.54, 1.807) is 31.3 Å². The Morgan fingerprint density at radius 3 is 2.69 bits per heavy atom. The molecule has 1 aromatic carbocycles. The van der Waals surface area contributed by atoms with Crippen molar-refractivity contribution in [1.29, 1.82) is 0 Å². The van der Waals surface area contributed by atoms with Gasteiger partial charge < -0.3 is 25.4 Å². The zero-order valence-electron chi connectivity index (χ0n) is 21.2. The number of aliphatic hydroxyl groups is 1. The van der Waals surface area contributed by atoms with Gasteiger partial charge in [-0.3, -0.25) is 14.6 Å². The van der Waals surface area contributed by atoms with Crippen LogP contribution in [0.15, 0.2) is 42.7 Å². The Hall–Kier alpha value is -3.31. The largest absolute Gasteiger partial charge is 0.394 e. The van der Waals surface area contributed by atoms with Gasteiger partial charge in [-0.05, 0) is 43.5 Å². The van der Waals surface area contributed by atoms with Gasteiger partial charge in [0.2, 0.25) is 11.9 Å². The summed E-state index contributed by atoms with van der Waals surface area (Å²) in [5, 5.41) is 16.7. The molecular formula is C27H28Cl2N6O4. The average Bonchev–Trinajstić information content (AvgIpc) is 3.28. The molecule has 1 fully saturated rings. The predicted molar refractivity (Wildman–Crippen MR) is 146 cm³/mol. The second kappa shape index (κ2) is 11.8. The standard InChI is InChI=1S/C27H28Cl2N6O4/c1-15(25(37)33-23(14-36)22-5-4-18(28)11-30-22)35-13-17-3-2-16(10-20(17)26(35)38)24-21(29)12-31-27(34-24)32-19-6-8-39-9-7-19/h2-5,10-12,15,19,23,36H,6-9,13-14H2,1H3,(H,33,37)(H,31,32,34). The lowest BCUT2D eigenvalue weighted by atomic mass is 10.0. The number of benzene rings is 1. The highest BCUT2D eigenvalue weighted by Crippen LogP contribution is 2.32. The fraction of sp³-hybridized carbons (Fsp3) is 0.370. The van der Waals surface area contributed by atoms with Crippen LogP contribution in [0, 0.1) is 0 Å². The number of amides is 2. The van der Waals surface area contributed by atoms with Gasteiger partial charge in [-0.15, -0.1) is 0 Å². The zero-order valence-corrected chi connectivity index (χ0v) is 22.7. The molecule has 0 aliphatic carbocycles. The lowest BCUT2D eigenvalue weighted by molar-refractivity contribution is -0.126. The molecule has 0 bridgehead atoms. The fourth-order valence-corrected chi connectivity index (χ4v) is 5.00. The maximum absolute atomic E-state index is 13.4. The Morgan fingerprint density at radius 2 is 1.97 bits per heavy atom. The second-order valence-electron chi connectivity index (χ2n) is 9.55. The van der Waals surface area contributed by atoms with E-state index >= 15 is 0 Å². The number of aromatic nitrogens is 3. The smallest absolute Gasteiger partial charge is 0.255 e. The molecular weight excluding hydrogens is 543 g/mol. The minimum Gasteiger partial charge on any atom is -0.394 e. The molecule has 0 radical (unpaired) electrons. The Bertz CT molecular complexity index is 1370. The van der Waals surface area contributed by atoms with Crippen molar-refractivity contribution in [3.8, 4) is 11.3 Å². The summed E-state index contributed by atoms with van der Waals surface area (Å²) in [6.45, 7) is 2.96. The molecule has 2 atom stereocenters. The first-order valence-corrected chi connectivity index (χ1v) is 13.4. The van der Waals surface area contributed by atoms with E-state index < -0.39 is 18.0 Å². The number of halogens is 2. The lowest BCUT2D eigenvalue weighted by Gasteiger charge is -2.25. The molecule has 2 aliphatic heterocycles. The molecule has 0 saturated carbocycles. The highest BCUT2D eigenvalue weighted by Gasteiger charge is 2.35. The minimum absolute atomic E-state index is 0.219. The van der Waals surface area contributed by atoms with E-state index in [4.69, 9.17) is 27.9 Å². The number of ether oxygens (including phenoxy) is 1. The molecule has 0 spiro atoms. The third kappa shape index (κ3) is 5.99. The molecule has 3 aromatic rings. The van der Waals surface area contributed by atoms with Crippen molar-refractivity contribution in [2.24, 2.45) is 0 Å². The Kier molecular flexibility index (Phi) is 8.27. The van der Waals surface area contributed by atoms with Gasteiger partial charge in [-0.1, -0.05) is 35.3 Å². The van der Waals surface area contributed by atoms with Gasteiger partial charge in [0.1, 0.15) is 6.04 Å². The quantitative estimate of drug-likeness (QED) is 0.374. The van der Waals surface area contributed by atoms with Crippen molar-refractivity contribution < 1.29 is 19.4 Å². The van der Waals surface area contributed by atoms with Crippen LogP contribution in [0.2, 0.25) is 10.0 Å². The summed E-state index contributed by atoms with van der Waals surface area (Å²) in [6, 6.07) is 7.44. The lowest BCUT2D eigenvalue weighted by Crippen LogP contribution is -2.46. The number of nitrogens with one attached hydrogen (secondary N) is 2. The van der Waals surface area contributed by atoms with E-state index in [9.17, 15) is 14.7 Å². The average molecular weight is 571 g/mol. The Morgan fingerprint density at radius 1 is 1.18 bits per heavy atom. The molecule has 12 heteroatoms. The Labute approximate surface area is 235 Å². The van der Waals surface area contributed by atoms with Gasteiger partial charge in [-0.2, -0.15) is 0 Å². The molecule has 4 heterocycles. The van der Waals surface area contributed by atoms with Gasteiger partial charge in [0, 0.05) is 43.1 Å². The molecule has 2 amide bonds. The number of rotatable bonds is 8. The number of hydrogen-bond acceptors (Lipinski definition) is 8. The molecule has 1 saturated heterocycles. The summed E-state index contributed by atoms with van der Waals surface area (Å²) < 4.78 is 5.41. The highest BCUT2D eigenvalue weighted by molar-refractivity contribution is 6.33. The number of anilines is 1. The highest BCUT2D eigenvalue weighted by atomic mass is 35.5. The topological polar surface area (TPSA) is 130 Å². The van der Waals surface area contributed by atoms with Gasteiger partial charge in [0.15, 0.2) is 0 Å². The van der Waals surface area contributed by atoms with E-state index in [-0.39, 0.29) is 25.1 Å². The number of carbonyl (C=O) groups is 2. The minimum atomic E-state index is -0.785. The molecule has 2 aromatic heterocycles. The Balaban J connectivity index is 1.30. The van der Waals surface area contributed by atoms with E-state index in [1.165, 1.54) is 11.1 Å². The van der Waals surface area contributed by atoms with Crippen molar-refractivity contribution in [3.63, 3.8) is 0 Å². The first kappa shape index (κ1) is 27.3. The first-order valence-electron chi connectivity index (χ1n) is 12.7. The maximum Gasteiger partial charge on any atom is 0.255 e. The monoisotopic (exact) mass is 570 g/mol. The van der Waals surface area contributed by atoms with Gasteiger partial charge in [-0.25, -0.2) is 9.97 Å². The summed E-state index contributed by atoms with van der Waals surface area (Å²) >= 11 is 12.3. The van der Waals surface area contributed by atoms with Crippen molar-refractivity contribution in [1.82, 2.24) is 25.2 Å². The molecule has 204 valence electrons. The van der Waals surface area contributed by atoms with Crippen LogP contribution in [0.25, 0.3) is 11.3 Å². The molecule has 3 N–H and O–H groups in total. The second-order valence-corrected chi connectivity index (χ2v) is 10.4. The molecule has 39 heavy (non-hydrogen) atoms. The van der Waals surface area contributed by atoms with Crippen LogP contribution >= 0.6 is 23.2 Å². The third-order valence-electron chi connectivity index (χ3n) is 6.97. The van der Waals surface area contributed by atoms with Crippen LogP contribution in [0.3, 0.4) is 0 Å². The van der Waals surface area contributed by atoms with Gasteiger partial charge in [0.05, 0.1) is 40.3 Å². The molecule has 2 aliphatic rings. The number of fused-ring (bicyclic) bond motifs is 1. The zero-order chi connectivity index (χ0) is 27.5. The van der Waals surface area contributed by atoms with Gasteiger partial charge >= 0.3 is 0 Å². The van der Waals surface area contributed by atoms with Crippen LogP contribution in [0.1, 0.15) is 47.4 Å². The van der Waals surface area contributed by atoms with E-state index in [1.807, 2.05) is 12.1 Å². The van der Waals surface area contributed by atoms with Crippen molar-refractivity contribution in [3.05, 3.63) is 69.6 Å². The number of nitrogens with zero attached hydrogens (tertiary/aromatic N) is 4. The van der Waals surface area contributed by atoms with Crippen LogP contribution < -0.4 is 10.6 Å². The summed E-state index contributed by atoms with van der Waals surface area (Å²) in [6.07, 6.45) is 4.73. The van der Waals surface area contributed by atoms with Crippen LogP contribution in [-0.2, 0) is 16.1 Å². The summed E-state index contributed by atoms with van der Waals surface area (Å²) in [7, 11) is 0. The number of carbonyl (C=O) groups excluding carboxylic acids is 2. The maximum atomic E-state index is 13.4. The van der Waals surface area contributed by atoms with E-state index in [0.29, 0.717) is 51.7 Å². The summed E-state index contributed by atoms with van der Waals surface area (Å²) in [4.78, 5) is 41.0. The van der Waals surface area contributed by atoms with Crippen LogP contribution in [0.5, 0.6) is 0 Å². The van der Waals surface area contributed by atoms with Gasteiger partial charge in [0.25, 0.3) is 5.91 Å². The summed E-state index contributed by atoms with van der Waals surface area (Å²) in [5.74, 6) is -0.214. The molecule has 5 rings (SSSR count). The normalized spacial score (nSPS) is 17.0. The third-order valence-corrected chi connectivity index (χ3v) is 7.47. The molecule has 10 nitrogen and oxygen atoms in total. The van der Waals surface area contributed by atoms with Crippen molar-refractivity contribution >= 4 is 41.0 Å². The fourth-order valence-electron chi connectivity index (χ4n) is 4.69. The van der Waals surface area contributed by atoms with Crippen molar-refractivity contribution in [2.75, 3.05) is 25.1 Å².